The topological polar surface area (TPSA) is 58.4 Å². The van der Waals surface area contributed by atoms with Gasteiger partial charge in [-0.2, -0.15) is 0 Å². The Morgan fingerprint density at radius 2 is 2.25 bits per heavy atom. The Morgan fingerprint density at radius 1 is 1.50 bits per heavy atom. The minimum atomic E-state index is -0.463. The Labute approximate surface area is 119 Å². The van der Waals surface area contributed by atoms with Crippen LogP contribution in [0.25, 0.3) is 0 Å². The van der Waals surface area contributed by atoms with Crippen LogP contribution in [0.4, 0.5) is 15.8 Å². The molecule has 2 rings (SSSR count). The summed E-state index contributed by atoms with van der Waals surface area (Å²) < 4.78 is 13.5. The molecule has 5 heteroatoms. The lowest BCUT2D eigenvalue weighted by atomic mass is 9.85. The molecule has 0 aliphatic heterocycles. The second kappa shape index (κ2) is 6.70. The van der Waals surface area contributed by atoms with E-state index >= 15 is 0 Å². The van der Waals surface area contributed by atoms with Crippen molar-refractivity contribution in [1.29, 1.82) is 0 Å². The van der Waals surface area contributed by atoms with Crippen LogP contribution in [0.2, 0.25) is 0 Å². The average Bonchev–Trinajstić information content (AvgIpc) is 2.36. The predicted molar refractivity (Wildman–Crippen MR) is 78.9 cm³/mol. The normalized spacial score (nSPS) is 15.2. The number of anilines is 2. The van der Waals surface area contributed by atoms with Gasteiger partial charge in [0.2, 0.25) is 5.91 Å². The SMILES string of the molecule is CN(CCC(=O)Nc1cc(N)ccc1F)CC1CCC1. The van der Waals surface area contributed by atoms with E-state index in [9.17, 15) is 9.18 Å². The van der Waals surface area contributed by atoms with E-state index in [2.05, 4.69) is 10.2 Å². The molecule has 1 fully saturated rings. The van der Waals surface area contributed by atoms with Gasteiger partial charge >= 0.3 is 0 Å². The number of benzene rings is 1. The zero-order valence-electron chi connectivity index (χ0n) is 11.9. The predicted octanol–water partition coefficient (Wildman–Crippen LogP) is 2.47. The number of nitrogens with zero attached hydrogens (tertiary/aromatic N) is 1. The molecule has 110 valence electrons. The minimum Gasteiger partial charge on any atom is -0.399 e. The van der Waals surface area contributed by atoms with Gasteiger partial charge in [-0.05, 0) is 44.0 Å². The van der Waals surface area contributed by atoms with E-state index in [1.165, 1.54) is 37.5 Å². The highest BCUT2D eigenvalue weighted by atomic mass is 19.1. The third kappa shape index (κ3) is 4.20. The molecule has 3 N–H and O–H groups in total. The summed E-state index contributed by atoms with van der Waals surface area (Å²) in [6.07, 6.45) is 4.28. The fourth-order valence-corrected chi connectivity index (χ4v) is 2.35. The van der Waals surface area contributed by atoms with Gasteiger partial charge in [-0.1, -0.05) is 6.42 Å². The number of hydrogen-bond acceptors (Lipinski definition) is 3. The number of rotatable bonds is 6. The van der Waals surface area contributed by atoms with Crippen molar-refractivity contribution < 1.29 is 9.18 Å². The lowest BCUT2D eigenvalue weighted by molar-refractivity contribution is -0.116. The maximum absolute atomic E-state index is 13.5. The first kappa shape index (κ1) is 14.8. The van der Waals surface area contributed by atoms with E-state index in [4.69, 9.17) is 5.73 Å². The molecule has 1 amide bonds. The van der Waals surface area contributed by atoms with E-state index in [0.29, 0.717) is 18.7 Å². The Hall–Kier alpha value is -1.62. The molecule has 20 heavy (non-hydrogen) atoms. The first-order chi connectivity index (χ1) is 9.54. The Balaban J connectivity index is 1.75. The lowest BCUT2D eigenvalue weighted by Gasteiger charge is -2.29. The molecular formula is C15H22FN3O. The summed E-state index contributed by atoms with van der Waals surface area (Å²) in [4.78, 5) is 14.0. The van der Waals surface area contributed by atoms with Gasteiger partial charge in [0.05, 0.1) is 5.69 Å². The Bertz CT molecular complexity index is 474. The average molecular weight is 279 g/mol. The molecule has 1 aromatic carbocycles. The van der Waals surface area contributed by atoms with Crippen molar-refractivity contribution in [3.8, 4) is 0 Å². The molecule has 1 aliphatic rings. The second-order valence-electron chi connectivity index (χ2n) is 5.60. The number of nitrogens with two attached hydrogens (primary N) is 1. The number of carbonyl (C=O) groups excluding carboxylic acids is 1. The molecule has 0 unspecified atom stereocenters. The standard InChI is InChI=1S/C15H22FN3O/c1-19(10-11-3-2-4-11)8-7-15(20)18-14-9-12(17)5-6-13(14)16/h5-6,9,11H,2-4,7-8,10,17H2,1H3,(H,18,20). The van der Waals surface area contributed by atoms with Gasteiger partial charge in [0.25, 0.3) is 0 Å². The van der Waals surface area contributed by atoms with E-state index < -0.39 is 5.82 Å². The van der Waals surface area contributed by atoms with Crippen LogP contribution in [0.5, 0.6) is 0 Å². The quantitative estimate of drug-likeness (QED) is 0.786. The van der Waals surface area contributed by atoms with Crippen molar-refractivity contribution in [3.05, 3.63) is 24.0 Å². The molecule has 0 bridgehead atoms. The summed E-state index contributed by atoms with van der Waals surface area (Å²) in [7, 11) is 2.02. The maximum atomic E-state index is 13.5. The first-order valence-electron chi connectivity index (χ1n) is 7.08. The fraction of sp³-hybridized carbons (Fsp3) is 0.533. The van der Waals surface area contributed by atoms with Crippen LogP contribution in [-0.2, 0) is 4.79 Å². The summed E-state index contributed by atoms with van der Waals surface area (Å²) in [5, 5.41) is 2.57. The molecular weight excluding hydrogens is 257 g/mol. The fourth-order valence-electron chi connectivity index (χ4n) is 2.35. The van der Waals surface area contributed by atoms with Crippen LogP contribution < -0.4 is 11.1 Å². The third-order valence-electron chi connectivity index (χ3n) is 3.78. The van der Waals surface area contributed by atoms with Gasteiger partial charge < -0.3 is 16.0 Å². The molecule has 1 aromatic rings. The van der Waals surface area contributed by atoms with Crippen molar-refractivity contribution in [1.82, 2.24) is 4.90 Å². The summed E-state index contributed by atoms with van der Waals surface area (Å²) in [6.45, 7) is 1.73. The number of hydrogen-bond donors (Lipinski definition) is 2. The van der Waals surface area contributed by atoms with E-state index in [-0.39, 0.29) is 11.6 Å². The highest BCUT2D eigenvalue weighted by Gasteiger charge is 2.19. The van der Waals surface area contributed by atoms with Crippen LogP contribution in [0.15, 0.2) is 18.2 Å². The van der Waals surface area contributed by atoms with Crippen molar-refractivity contribution in [3.63, 3.8) is 0 Å². The number of nitrogen functional groups attached to an aromatic ring is 1. The monoisotopic (exact) mass is 279 g/mol. The molecule has 0 radical (unpaired) electrons. The number of halogens is 1. The van der Waals surface area contributed by atoms with E-state index in [1.54, 1.807) is 0 Å². The maximum Gasteiger partial charge on any atom is 0.225 e. The zero-order valence-corrected chi connectivity index (χ0v) is 11.9. The molecule has 0 atom stereocenters. The Morgan fingerprint density at radius 3 is 2.90 bits per heavy atom. The van der Waals surface area contributed by atoms with Gasteiger partial charge in [-0.25, -0.2) is 4.39 Å². The molecule has 0 spiro atoms. The van der Waals surface area contributed by atoms with Crippen molar-refractivity contribution in [2.24, 2.45) is 5.92 Å². The van der Waals surface area contributed by atoms with E-state index in [1.807, 2.05) is 7.05 Å². The highest BCUT2D eigenvalue weighted by Crippen LogP contribution is 2.26. The zero-order chi connectivity index (χ0) is 14.5. The van der Waals surface area contributed by atoms with Crippen molar-refractivity contribution in [2.75, 3.05) is 31.2 Å². The van der Waals surface area contributed by atoms with E-state index in [0.717, 1.165) is 12.5 Å². The number of amides is 1. The summed E-state index contributed by atoms with van der Waals surface area (Å²) >= 11 is 0. The molecule has 4 nitrogen and oxygen atoms in total. The van der Waals surface area contributed by atoms with Crippen LogP contribution in [-0.4, -0.2) is 30.9 Å². The molecule has 0 saturated heterocycles. The number of carbonyl (C=O) groups is 1. The highest BCUT2D eigenvalue weighted by molar-refractivity contribution is 5.91. The van der Waals surface area contributed by atoms with Gasteiger partial charge in [0, 0.05) is 25.2 Å². The molecule has 0 aromatic heterocycles. The van der Waals surface area contributed by atoms with Crippen molar-refractivity contribution in [2.45, 2.75) is 25.7 Å². The van der Waals surface area contributed by atoms with Crippen LogP contribution >= 0.6 is 0 Å². The van der Waals surface area contributed by atoms with Crippen LogP contribution in [0, 0.1) is 11.7 Å². The van der Waals surface area contributed by atoms with Gasteiger partial charge in [-0.3, -0.25) is 4.79 Å². The third-order valence-corrected chi connectivity index (χ3v) is 3.78. The van der Waals surface area contributed by atoms with Gasteiger partial charge in [0.1, 0.15) is 5.82 Å². The van der Waals surface area contributed by atoms with Gasteiger partial charge in [-0.15, -0.1) is 0 Å². The molecule has 1 aliphatic carbocycles. The smallest absolute Gasteiger partial charge is 0.225 e. The first-order valence-corrected chi connectivity index (χ1v) is 7.08. The molecule has 1 saturated carbocycles. The largest absolute Gasteiger partial charge is 0.399 e. The summed E-state index contributed by atoms with van der Waals surface area (Å²) in [5.41, 5.74) is 6.16. The molecule has 0 heterocycles. The lowest BCUT2D eigenvalue weighted by Crippen LogP contribution is -2.31. The minimum absolute atomic E-state index is 0.150. The van der Waals surface area contributed by atoms with Crippen LogP contribution in [0.1, 0.15) is 25.7 Å². The van der Waals surface area contributed by atoms with Crippen LogP contribution in [0.3, 0.4) is 0 Å². The Kier molecular flexibility index (Phi) is 4.95. The van der Waals surface area contributed by atoms with Gasteiger partial charge in [0.15, 0.2) is 0 Å². The second-order valence-corrected chi connectivity index (χ2v) is 5.60. The van der Waals surface area contributed by atoms with Crippen molar-refractivity contribution >= 4 is 17.3 Å². The number of nitrogens with one attached hydrogen (secondary N) is 1. The summed E-state index contributed by atoms with van der Waals surface area (Å²) in [6, 6.07) is 4.16. The summed E-state index contributed by atoms with van der Waals surface area (Å²) in [5.74, 6) is 0.139.